The zero-order chi connectivity index (χ0) is 21.8. The van der Waals surface area contributed by atoms with Crippen molar-refractivity contribution in [3.05, 3.63) is 89.2 Å². The van der Waals surface area contributed by atoms with Crippen molar-refractivity contribution in [3.8, 4) is 11.5 Å². The first kappa shape index (κ1) is 20.6. The predicted octanol–water partition coefficient (Wildman–Crippen LogP) is 4.11. The van der Waals surface area contributed by atoms with Gasteiger partial charge in [-0.25, -0.2) is 0 Å². The summed E-state index contributed by atoms with van der Waals surface area (Å²) in [5.74, 6) is 1.76. The third kappa shape index (κ3) is 4.58. The average molecular weight is 415 g/mol. The summed E-state index contributed by atoms with van der Waals surface area (Å²) in [4.78, 5) is 8.81. The molecule has 1 aliphatic rings. The summed E-state index contributed by atoms with van der Waals surface area (Å²) in [5, 5.41) is 8.81. The highest BCUT2D eigenvalue weighted by molar-refractivity contribution is 6.12. The predicted molar refractivity (Wildman–Crippen MR) is 123 cm³/mol. The van der Waals surface area contributed by atoms with Crippen molar-refractivity contribution >= 4 is 11.5 Å². The van der Waals surface area contributed by atoms with Crippen LogP contribution in [-0.4, -0.2) is 35.8 Å². The highest BCUT2D eigenvalue weighted by atomic mass is 16.6. The standard InChI is InChI=1S/C25H26N4O2/c1-16-13-18(11-12-28-16)17(2)24(26)20-7-3-4-8-21(20)25(27)29-14-19-15-30-22-9-5-6-10-23(22)31-19/h3-13,17,19,26H,14-15H2,1-2H3,(H2,27,29). The van der Waals surface area contributed by atoms with Gasteiger partial charge in [0.05, 0.1) is 6.54 Å². The molecule has 158 valence electrons. The Morgan fingerprint density at radius 2 is 1.84 bits per heavy atom. The van der Waals surface area contributed by atoms with E-state index in [1.165, 1.54) is 0 Å². The number of amidine groups is 1. The average Bonchev–Trinajstić information content (AvgIpc) is 2.81. The number of benzene rings is 2. The van der Waals surface area contributed by atoms with Gasteiger partial charge in [0.2, 0.25) is 0 Å². The van der Waals surface area contributed by atoms with Crippen LogP contribution in [0.1, 0.15) is 35.2 Å². The number of nitrogens with one attached hydrogen (secondary N) is 1. The minimum absolute atomic E-state index is 0.0952. The van der Waals surface area contributed by atoms with E-state index in [0.29, 0.717) is 24.7 Å². The summed E-state index contributed by atoms with van der Waals surface area (Å²) in [5.41, 5.74) is 10.4. The number of aryl methyl sites for hydroxylation is 1. The fourth-order valence-electron chi connectivity index (χ4n) is 3.62. The SMILES string of the molecule is Cc1cc(C(C)C(=N)c2ccccc2C(N)=NCC2COc3ccccc3O2)ccn1. The lowest BCUT2D eigenvalue weighted by Crippen LogP contribution is -2.32. The lowest BCUT2D eigenvalue weighted by Gasteiger charge is -2.25. The number of aliphatic imine (C=N–C) groups is 1. The normalized spacial score (nSPS) is 16.6. The minimum Gasteiger partial charge on any atom is -0.486 e. The molecule has 6 heteroatoms. The maximum absolute atomic E-state index is 8.81. The maximum Gasteiger partial charge on any atom is 0.161 e. The van der Waals surface area contributed by atoms with E-state index in [4.69, 9.17) is 20.6 Å². The Hall–Kier alpha value is -3.67. The molecule has 3 aromatic rings. The monoisotopic (exact) mass is 414 g/mol. The fraction of sp³-hybridized carbons (Fsp3) is 0.240. The van der Waals surface area contributed by atoms with Gasteiger partial charge in [0.25, 0.3) is 0 Å². The fourth-order valence-corrected chi connectivity index (χ4v) is 3.62. The number of nitrogens with zero attached hydrogens (tertiary/aromatic N) is 2. The summed E-state index contributed by atoms with van der Waals surface area (Å²) in [6.07, 6.45) is 1.57. The molecular formula is C25H26N4O2. The second-order valence-electron chi connectivity index (χ2n) is 7.64. The molecule has 4 rings (SSSR count). The van der Waals surface area contributed by atoms with Crippen molar-refractivity contribution < 1.29 is 9.47 Å². The van der Waals surface area contributed by atoms with Gasteiger partial charge in [-0.15, -0.1) is 0 Å². The van der Waals surface area contributed by atoms with Crippen LogP contribution in [0.4, 0.5) is 0 Å². The summed E-state index contributed by atoms with van der Waals surface area (Å²) >= 11 is 0. The molecule has 0 spiro atoms. The lowest BCUT2D eigenvalue weighted by atomic mass is 9.89. The Morgan fingerprint density at radius 3 is 2.61 bits per heavy atom. The molecule has 1 aliphatic heterocycles. The van der Waals surface area contributed by atoms with E-state index in [0.717, 1.165) is 33.9 Å². The van der Waals surface area contributed by atoms with E-state index in [9.17, 15) is 0 Å². The second-order valence-corrected chi connectivity index (χ2v) is 7.64. The molecule has 2 heterocycles. The van der Waals surface area contributed by atoms with E-state index < -0.39 is 0 Å². The largest absolute Gasteiger partial charge is 0.486 e. The van der Waals surface area contributed by atoms with Crippen molar-refractivity contribution in [2.24, 2.45) is 10.7 Å². The third-order valence-corrected chi connectivity index (χ3v) is 5.38. The number of pyridine rings is 1. The van der Waals surface area contributed by atoms with Crippen LogP contribution in [0.5, 0.6) is 11.5 Å². The Balaban J connectivity index is 1.52. The van der Waals surface area contributed by atoms with Gasteiger partial charge in [-0.2, -0.15) is 0 Å². The first-order valence-electron chi connectivity index (χ1n) is 10.3. The second kappa shape index (κ2) is 9.00. The molecule has 0 bridgehead atoms. The minimum atomic E-state index is -0.209. The molecule has 6 nitrogen and oxygen atoms in total. The first-order valence-corrected chi connectivity index (χ1v) is 10.3. The number of ether oxygens (including phenoxy) is 2. The molecule has 0 amide bonds. The number of hydrogen-bond donors (Lipinski definition) is 2. The maximum atomic E-state index is 8.81. The Morgan fingerprint density at radius 1 is 1.13 bits per heavy atom. The number of rotatable bonds is 6. The van der Waals surface area contributed by atoms with Crippen molar-refractivity contribution in [2.75, 3.05) is 13.2 Å². The number of para-hydroxylation sites is 2. The Kier molecular flexibility index (Phi) is 5.98. The van der Waals surface area contributed by atoms with Crippen molar-refractivity contribution in [1.82, 2.24) is 4.98 Å². The van der Waals surface area contributed by atoms with Gasteiger partial charge in [-0.05, 0) is 36.8 Å². The molecule has 3 N–H and O–H groups in total. The van der Waals surface area contributed by atoms with E-state index in [-0.39, 0.29) is 12.0 Å². The summed E-state index contributed by atoms with van der Waals surface area (Å²) in [6, 6.07) is 19.2. The van der Waals surface area contributed by atoms with E-state index in [1.54, 1.807) is 6.20 Å². The number of aromatic nitrogens is 1. The van der Waals surface area contributed by atoms with E-state index in [2.05, 4.69) is 9.98 Å². The van der Waals surface area contributed by atoms with Crippen LogP contribution in [0.2, 0.25) is 0 Å². The summed E-state index contributed by atoms with van der Waals surface area (Å²) < 4.78 is 11.7. The molecule has 2 aromatic carbocycles. The number of fused-ring (bicyclic) bond motifs is 1. The molecule has 0 saturated heterocycles. The van der Waals surface area contributed by atoms with Gasteiger partial charge in [-0.3, -0.25) is 9.98 Å². The highest BCUT2D eigenvalue weighted by Crippen LogP contribution is 2.31. The molecule has 0 saturated carbocycles. The van der Waals surface area contributed by atoms with Gasteiger partial charge in [0.15, 0.2) is 17.6 Å². The smallest absolute Gasteiger partial charge is 0.161 e. The topological polar surface area (TPSA) is 93.6 Å². The summed E-state index contributed by atoms with van der Waals surface area (Å²) in [7, 11) is 0. The van der Waals surface area contributed by atoms with Gasteiger partial charge in [0, 0.05) is 34.6 Å². The van der Waals surface area contributed by atoms with Crippen LogP contribution in [0.3, 0.4) is 0 Å². The molecule has 1 aromatic heterocycles. The molecule has 0 aliphatic carbocycles. The molecule has 31 heavy (non-hydrogen) atoms. The zero-order valence-electron chi connectivity index (χ0n) is 17.7. The Bertz CT molecular complexity index is 1130. The van der Waals surface area contributed by atoms with Gasteiger partial charge in [0.1, 0.15) is 12.4 Å². The number of nitrogens with two attached hydrogens (primary N) is 1. The zero-order valence-corrected chi connectivity index (χ0v) is 17.7. The first-order chi connectivity index (χ1) is 15.0. The molecule has 2 atom stereocenters. The van der Waals surface area contributed by atoms with Crippen molar-refractivity contribution in [3.63, 3.8) is 0 Å². The molecular weight excluding hydrogens is 388 g/mol. The van der Waals surface area contributed by atoms with Crippen molar-refractivity contribution in [1.29, 1.82) is 5.41 Å². The van der Waals surface area contributed by atoms with Crippen LogP contribution in [0.15, 0.2) is 71.9 Å². The highest BCUT2D eigenvalue weighted by Gasteiger charge is 2.21. The quantitative estimate of drug-likeness (QED) is 0.469. The van der Waals surface area contributed by atoms with E-state index in [1.807, 2.05) is 74.5 Å². The van der Waals surface area contributed by atoms with Crippen molar-refractivity contribution in [2.45, 2.75) is 25.9 Å². The third-order valence-electron chi connectivity index (χ3n) is 5.38. The van der Waals surface area contributed by atoms with Crippen LogP contribution >= 0.6 is 0 Å². The lowest BCUT2D eigenvalue weighted by molar-refractivity contribution is 0.0972. The van der Waals surface area contributed by atoms with Crippen LogP contribution < -0.4 is 15.2 Å². The molecule has 0 fully saturated rings. The van der Waals surface area contributed by atoms with Crippen LogP contribution in [-0.2, 0) is 0 Å². The van der Waals surface area contributed by atoms with Crippen LogP contribution in [0, 0.1) is 12.3 Å². The molecule has 2 unspecified atom stereocenters. The van der Waals surface area contributed by atoms with Gasteiger partial charge >= 0.3 is 0 Å². The van der Waals surface area contributed by atoms with E-state index >= 15 is 0 Å². The molecule has 0 radical (unpaired) electrons. The summed E-state index contributed by atoms with van der Waals surface area (Å²) in [6.45, 7) is 4.77. The van der Waals surface area contributed by atoms with Gasteiger partial charge < -0.3 is 20.6 Å². The Labute approximate surface area is 182 Å². The van der Waals surface area contributed by atoms with Gasteiger partial charge in [-0.1, -0.05) is 43.3 Å². The number of hydrogen-bond acceptors (Lipinski definition) is 5. The van der Waals surface area contributed by atoms with Crippen LogP contribution in [0.25, 0.3) is 0 Å².